The number of anilines is 1. The van der Waals surface area contributed by atoms with Crippen LogP contribution in [0, 0.1) is 22.7 Å². The molecular formula is C57H77N9O10S. The molecular weight excluding hydrogens is 1000 g/mol. The second kappa shape index (κ2) is 21.8. The van der Waals surface area contributed by atoms with Crippen molar-refractivity contribution < 1.29 is 47.9 Å². The molecule has 2 amide bonds. The lowest BCUT2D eigenvalue weighted by Gasteiger charge is -2.53. The van der Waals surface area contributed by atoms with E-state index in [-0.39, 0.29) is 43.3 Å². The maximum absolute atomic E-state index is 15.3. The van der Waals surface area contributed by atoms with Gasteiger partial charge in [0.2, 0.25) is 5.91 Å². The number of aromatic nitrogens is 3. The number of rotatable bonds is 15. The third kappa shape index (κ3) is 10.6. The summed E-state index contributed by atoms with van der Waals surface area (Å²) in [5.41, 5.74) is 9.80. The van der Waals surface area contributed by atoms with Gasteiger partial charge >= 0.3 is 5.97 Å². The lowest BCUT2D eigenvalue weighted by molar-refractivity contribution is -0.173. The van der Waals surface area contributed by atoms with Gasteiger partial charge in [0, 0.05) is 110 Å². The number of amides is 2. The number of hydrogen-bond acceptors (Lipinski definition) is 17. The highest BCUT2D eigenvalue weighted by Gasteiger charge is 2.53. The molecule has 4 aromatic rings. The van der Waals surface area contributed by atoms with E-state index in [2.05, 4.69) is 75.5 Å². The van der Waals surface area contributed by atoms with Gasteiger partial charge in [-0.1, -0.05) is 26.8 Å². The summed E-state index contributed by atoms with van der Waals surface area (Å²) in [7, 11) is 1.73. The number of piperazine rings is 1. The molecule has 19 nitrogen and oxygen atoms in total. The highest BCUT2D eigenvalue weighted by Crippen LogP contribution is 2.45. The van der Waals surface area contributed by atoms with Gasteiger partial charge < -0.3 is 53.6 Å². The minimum absolute atomic E-state index is 0.0231. The molecule has 2 saturated carbocycles. The first-order chi connectivity index (χ1) is 37.3. The van der Waals surface area contributed by atoms with Crippen LogP contribution in [0.4, 0.5) is 5.69 Å². The molecule has 9 aliphatic rings. The number of methoxy groups -OCH3 is 1. The Hall–Kier alpha value is -4.61. The van der Waals surface area contributed by atoms with Crippen LogP contribution < -0.4 is 21.0 Å². The fourth-order valence-electron chi connectivity index (χ4n) is 12.6. The van der Waals surface area contributed by atoms with Crippen LogP contribution in [-0.2, 0) is 55.8 Å². The van der Waals surface area contributed by atoms with E-state index in [9.17, 15) is 14.7 Å². The van der Waals surface area contributed by atoms with Gasteiger partial charge in [-0.3, -0.25) is 29.3 Å². The van der Waals surface area contributed by atoms with Crippen molar-refractivity contribution in [1.29, 1.82) is 0 Å². The van der Waals surface area contributed by atoms with Crippen molar-refractivity contribution in [2.45, 2.75) is 128 Å². The minimum Gasteiger partial charge on any atom is -0.464 e. The summed E-state index contributed by atoms with van der Waals surface area (Å²) in [6.07, 6.45) is 7.12. The number of aliphatic hydroxyl groups is 1. The van der Waals surface area contributed by atoms with Crippen molar-refractivity contribution in [3.05, 3.63) is 52.1 Å². The summed E-state index contributed by atoms with van der Waals surface area (Å²) < 4.78 is 38.6. The average Bonchev–Trinajstić information content (AvgIpc) is 4.30. The molecule has 6 saturated heterocycles. The van der Waals surface area contributed by atoms with E-state index in [4.69, 9.17) is 38.4 Å². The zero-order chi connectivity index (χ0) is 53.2. The quantitative estimate of drug-likeness (QED) is 0.118. The Morgan fingerprint density at radius 3 is 2.49 bits per heavy atom. The van der Waals surface area contributed by atoms with Crippen molar-refractivity contribution >= 4 is 45.7 Å². The number of thiazole rings is 1. The number of nitrogens with zero attached hydrogens (tertiary/aromatic N) is 6. The molecule has 77 heavy (non-hydrogen) atoms. The van der Waals surface area contributed by atoms with E-state index in [1.165, 1.54) is 24.2 Å². The predicted molar refractivity (Wildman–Crippen MR) is 289 cm³/mol. The zero-order valence-electron chi connectivity index (χ0n) is 45.3. The molecule has 3 aromatic heterocycles. The fraction of sp³-hybridized carbons (Fsp3) is 0.667. The average molecular weight is 1080 g/mol. The topological polar surface area (TPSA) is 203 Å². The molecule has 0 unspecified atom stereocenters. The number of ether oxygens (including phenoxy) is 6. The van der Waals surface area contributed by atoms with Crippen LogP contribution >= 0.6 is 11.3 Å². The molecule has 10 heterocycles. The lowest BCUT2D eigenvalue weighted by atomic mass is 9.73. The maximum Gasteiger partial charge on any atom is 0.325 e. The highest BCUT2D eigenvalue weighted by atomic mass is 32.1. The third-order valence-corrected chi connectivity index (χ3v) is 18.7. The van der Waals surface area contributed by atoms with Crippen LogP contribution in [0.15, 0.2) is 35.8 Å². The molecule has 2 aliphatic carbocycles. The van der Waals surface area contributed by atoms with Gasteiger partial charge in [0.1, 0.15) is 23.2 Å². The van der Waals surface area contributed by atoms with Gasteiger partial charge in [-0.05, 0) is 81.5 Å². The fourth-order valence-corrected chi connectivity index (χ4v) is 13.6. The van der Waals surface area contributed by atoms with Crippen LogP contribution in [-0.4, -0.2) is 176 Å². The SMILES string of the molecule is CO[C@@H](C)c1ncc(N2CCN(C3CC3)CC2)cc1-c1c2c3cc(ccc3n1CCOC1CCOCC1)-c1csc(n1)[C@@H](NCC1(CO)COC1)[C@H](NC(=O)[C@@H]1OC[C@@H]1C)C(=O)N1N[C@H](C(=O)OCC(C)(C)C2)C2CC1C2. The first-order valence-corrected chi connectivity index (χ1v) is 29.1. The number of cyclic esters (lactones) is 1. The minimum atomic E-state index is -1.17. The molecule has 1 aromatic carbocycles. The maximum atomic E-state index is 15.3. The summed E-state index contributed by atoms with van der Waals surface area (Å²) in [5, 5.41) is 22.5. The van der Waals surface area contributed by atoms with Gasteiger partial charge in [0.25, 0.3) is 5.91 Å². The van der Waals surface area contributed by atoms with E-state index in [1.807, 2.05) is 18.5 Å². The Morgan fingerprint density at radius 1 is 1.01 bits per heavy atom. The van der Waals surface area contributed by atoms with E-state index in [0.29, 0.717) is 88.7 Å². The van der Waals surface area contributed by atoms with Crippen LogP contribution in [0.2, 0.25) is 0 Å². The van der Waals surface area contributed by atoms with Crippen LogP contribution in [0.25, 0.3) is 33.4 Å². The summed E-state index contributed by atoms with van der Waals surface area (Å²) in [4.78, 5) is 59.8. The standard InChI is InChI=1S/C57H77N9O10S/c1-33-26-75-51(33)52(68)61-49-48(59-28-57(29-67)31-73-32-57)53-60-44(27-77-53)35-6-9-45-41(22-35)43(24-56(3,4)30-76-55(70)47-36-20-38(21-36)66(62-47)54(49)69)50(65(45)16-19-74-40-10-17-72-18-11-40)42-23-39(25-58-46(42)34(2)71-5)64-14-12-63(13-15-64)37-7-8-37/h6,9,22-23,25,27,33-34,36-38,40,47-49,51,59,62,67H,7-8,10-21,24,26,28-32H2,1-5H3,(H,61,68)/t33-,34-,36?,38?,47-,48-,49-,51+/m0/s1. The summed E-state index contributed by atoms with van der Waals surface area (Å²) >= 11 is 1.41. The number of carbonyl (C=O) groups excluding carboxylic acids is 3. The van der Waals surface area contributed by atoms with Gasteiger partial charge in [0.15, 0.2) is 0 Å². The number of esters is 1. The van der Waals surface area contributed by atoms with Crippen molar-refractivity contribution in [3.8, 4) is 22.5 Å². The van der Waals surface area contributed by atoms with E-state index in [1.54, 1.807) is 12.1 Å². The molecule has 13 rings (SSSR count). The molecule has 7 aliphatic heterocycles. The number of hydrazine groups is 1. The lowest BCUT2D eigenvalue weighted by Crippen LogP contribution is -2.72. The second-order valence-electron chi connectivity index (χ2n) is 24.1. The number of hydrogen-bond donors (Lipinski definition) is 4. The van der Waals surface area contributed by atoms with Crippen molar-refractivity contribution in [2.75, 3.05) is 97.6 Å². The first-order valence-electron chi connectivity index (χ1n) is 28.2. The van der Waals surface area contributed by atoms with Gasteiger partial charge in [-0.15, -0.1) is 11.3 Å². The predicted octanol–water partition coefficient (Wildman–Crippen LogP) is 4.79. The molecule has 0 spiro atoms. The Kier molecular flexibility index (Phi) is 15.0. The van der Waals surface area contributed by atoms with Crippen LogP contribution in [0.1, 0.15) is 94.6 Å². The molecule has 8 bridgehead atoms. The second-order valence-corrected chi connectivity index (χ2v) is 25.0. The van der Waals surface area contributed by atoms with Crippen molar-refractivity contribution in [3.63, 3.8) is 0 Å². The Balaban J connectivity index is 1.00. The zero-order valence-corrected chi connectivity index (χ0v) is 46.1. The van der Waals surface area contributed by atoms with Crippen molar-refractivity contribution in [1.82, 2.24) is 40.5 Å². The number of carbonyl (C=O) groups is 3. The number of fused-ring (bicyclic) bond motifs is 4. The number of pyridine rings is 1. The monoisotopic (exact) mass is 1080 g/mol. The van der Waals surface area contributed by atoms with Gasteiger partial charge in [-0.25, -0.2) is 10.4 Å². The Bertz CT molecular complexity index is 2810. The largest absolute Gasteiger partial charge is 0.464 e. The first kappa shape index (κ1) is 53.1. The summed E-state index contributed by atoms with van der Waals surface area (Å²) in [5.74, 6) is -1.27. The molecule has 4 N–H and O–H groups in total. The summed E-state index contributed by atoms with van der Waals surface area (Å²) in [6.45, 7) is 16.0. The van der Waals surface area contributed by atoms with Gasteiger partial charge in [0.05, 0.1) is 92.3 Å². The number of benzene rings is 1. The molecule has 6 atom stereocenters. The van der Waals surface area contributed by atoms with Crippen molar-refractivity contribution in [2.24, 2.45) is 22.7 Å². The Morgan fingerprint density at radius 2 is 1.81 bits per heavy atom. The number of nitrogens with one attached hydrogen (secondary N) is 3. The third-order valence-electron chi connectivity index (χ3n) is 17.8. The molecule has 0 radical (unpaired) electrons. The van der Waals surface area contributed by atoms with Crippen LogP contribution in [0.5, 0.6) is 0 Å². The van der Waals surface area contributed by atoms with Gasteiger partial charge in [-0.2, -0.15) is 0 Å². The molecule has 416 valence electrons. The number of aliphatic hydroxyl groups excluding tert-OH is 1. The highest BCUT2D eigenvalue weighted by molar-refractivity contribution is 7.10. The molecule has 20 heteroatoms. The van der Waals surface area contributed by atoms with E-state index < -0.39 is 52.8 Å². The summed E-state index contributed by atoms with van der Waals surface area (Å²) in [6, 6.07) is 6.59. The van der Waals surface area contributed by atoms with Crippen LogP contribution in [0.3, 0.4) is 0 Å². The van der Waals surface area contributed by atoms with E-state index in [0.717, 1.165) is 83.7 Å². The van der Waals surface area contributed by atoms with E-state index >= 15 is 4.79 Å². The smallest absolute Gasteiger partial charge is 0.325 e. The molecule has 8 fully saturated rings. The Labute approximate surface area is 455 Å². The normalized spacial score (nSPS) is 29.0.